The second-order valence-electron chi connectivity index (χ2n) is 5.99. The molecule has 7 heteroatoms. The van der Waals surface area contributed by atoms with Crippen molar-refractivity contribution in [3.8, 4) is 0 Å². The molecule has 0 saturated heterocycles. The molecule has 1 aliphatic carbocycles. The Bertz CT molecular complexity index is 493. The monoisotopic (exact) mass is 322 g/mol. The molecule has 1 heterocycles. The molecule has 1 aromatic rings. The summed E-state index contributed by atoms with van der Waals surface area (Å²) in [6.45, 7) is 6.65. The van der Waals surface area contributed by atoms with Gasteiger partial charge >= 0.3 is 0 Å². The number of guanidine groups is 1. The van der Waals surface area contributed by atoms with Crippen LogP contribution < -0.4 is 10.6 Å². The number of nitrogens with one attached hydrogen (secondary N) is 2. The average molecular weight is 322 g/mol. The average Bonchev–Trinajstić information content (AvgIpc) is 2.89. The molecular weight excluding hydrogens is 292 g/mol. The highest BCUT2D eigenvalue weighted by molar-refractivity contribution is 5.80. The number of aromatic nitrogens is 3. The molecule has 0 aromatic carbocycles. The predicted octanol–water partition coefficient (Wildman–Crippen LogP) is 1.53. The van der Waals surface area contributed by atoms with Gasteiger partial charge in [0.25, 0.3) is 0 Å². The van der Waals surface area contributed by atoms with Crippen LogP contribution in [0.25, 0.3) is 0 Å². The van der Waals surface area contributed by atoms with E-state index in [9.17, 15) is 0 Å². The SMILES string of the molecule is CCOCCNC(=NCc1nnc(C)n1C)NC1CCCCC1. The molecule has 7 nitrogen and oxygen atoms in total. The van der Waals surface area contributed by atoms with Gasteiger partial charge in [-0.25, -0.2) is 4.99 Å². The number of ether oxygens (including phenoxy) is 1. The van der Waals surface area contributed by atoms with Crippen molar-refractivity contribution in [1.29, 1.82) is 0 Å². The van der Waals surface area contributed by atoms with Crippen LogP contribution >= 0.6 is 0 Å². The van der Waals surface area contributed by atoms with Crippen molar-refractivity contribution in [1.82, 2.24) is 25.4 Å². The fourth-order valence-corrected chi connectivity index (χ4v) is 2.72. The highest BCUT2D eigenvalue weighted by Crippen LogP contribution is 2.17. The van der Waals surface area contributed by atoms with Crippen LogP contribution in [0, 0.1) is 6.92 Å². The third-order valence-electron chi connectivity index (χ3n) is 4.25. The van der Waals surface area contributed by atoms with Gasteiger partial charge in [0, 0.05) is 26.2 Å². The Hall–Kier alpha value is -1.63. The first-order valence-electron chi connectivity index (χ1n) is 8.68. The van der Waals surface area contributed by atoms with Gasteiger partial charge in [0.05, 0.1) is 6.61 Å². The molecule has 1 fully saturated rings. The summed E-state index contributed by atoms with van der Waals surface area (Å²) in [5, 5.41) is 15.2. The number of nitrogens with zero attached hydrogens (tertiary/aromatic N) is 4. The fourth-order valence-electron chi connectivity index (χ4n) is 2.72. The maximum Gasteiger partial charge on any atom is 0.192 e. The Morgan fingerprint density at radius 3 is 2.74 bits per heavy atom. The molecule has 1 aromatic heterocycles. The first-order chi connectivity index (χ1) is 11.2. The third-order valence-corrected chi connectivity index (χ3v) is 4.25. The summed E-state index contributed by atoms with van der Waals surface area (Å²) >= 11 is 0. The Morgan fingerprint density at radius 1 is 1.30 bits per heavy atom. The first-order valence-corrected chi connectivity index (χ1v) is 8.68. The van der Waals surface area contributed by atoms with Gasteiger partial charge in [0.2, 0.25) is 0 Å². The minimum Gasteiger partial charge on any atom is -0.380 e. The van der Waals surface area contributed by atoms with Crippen LogP contribution in [0.15, 0.2) is 4.99 Å². The predicted molar refractivity (Wildman–Crippen MR) is 91.4 cm³/mol. The first kappa shape index (κ1) is 17.7. The normalized spacial score (nSPS) is 16.6. The zero-order chi connectivity index (χ0) is 16.5. The summed E-state index contributed by atoms with van der Waals surface area (Å²) < 4.78 is 7.36. The van der Waals surface area contributed by atoms with Crippen LogP contribution in [-0.2, 0) is 18.3 Å². The Balaban J connectivity index is 1.92. The zero-order valence-electron chi connectivity index (χ0n) is 14.6. The van der Waals surface area contributed by atoms with Crippen LogP contribution in [0.3, 0.4) is 0 Å². The summed E-state index contributed by atoms with van der Waals surface area (Å²) in [4.78, 5) is 4.68. The molecule has 0 amide bonds. The highest BCUT2D eigenvalue weighted by Gasteiger charge is 2.15. The van der Waals surface area contributed by atoms with Crippen molar-refractivity contribution < 1.29 is 4.74 Å². The van der Waals surface area contributed by atoms with Crippen LogP contribution in [0.5, 0.6) is 0 Å². The van der Waals surface area contributed by atoms with E-state index in [1.165, 1.54) is 32.1 Å². The smallest absolute Gasteiger partial charge is 0.192 e. The Labute approximate surface area is 138 Å². The van der Waals surface area contributed by atoms with Crippen molar-refractivity contribution in [2.24, 2.45) is 12.0 Å². The topological polar surface area (TPSA) is 76.4 Å². The molecule has 0 aliphatic heterocycles. The van der Waals surface area contributed by atoms with Gasteiger partial charge in [0.1, 0.15) is 12.4 Å². The maximum absolute atomic E-state index is 5.39. The molecule has 2 rings (SSSR count). The van der Waals surface area contributed by atoms with Crippen molar-refractivity contribution in [2.45, 2.75) is 58.5 Å². The molecule has 1 saturated carbocycles. The van der Waals surface area contributed by atoms with E-state index in [4.69, 9.17) is 4.74 Å². The highest BCUT2D eigenvalue weighted by atomic mass is 16.5. The standard InChI is InChI=1S/C16H30N6O/c1-4-23-11-10-17-16(19-14-8-6-5-7-9-14)18-12-15-21-20-13(2)22(15)3/h14H,4-12H2,1-3H3,(H2,17,18,19). The molecule has 2 N–H and O–H groups in total. The fraction of sp³-hybridized carbons (Fsp3) is 0.812. The van der Waals surface area contributed by atoms with E-state index in [-0.39, 0.29) is 0 Å². The van der Waals surface area contributed by atoms with Gasteiger partial charge in [0.15, 0.2) is 11.8 Å². The number of aryl methyl sites for hydroxylation is 1. The van der Waals surface area contributed by atoms with Crippen molar-refractivity contribution in [3.63, 3.8) is 0 Å². The van der Waals surface area contributed by atoms with E-state index in [0.29, 0.717) is 19.2 Å². The van der Waals surface area contributed by atoms with E-state index >= 15 is 0 Å². The lowest BCUT2D eigenvalue weighted by Gasteiger charge is -2.25. The summed E-state index contributed by atoms with van der Waals surface area (Å²) in [5.41, 5.74) is 0. The number of hydrogen-bond acceptors (Lipinski definition) is 4. The van der Waals surface area contributed by atoms with E-state index in [0.717, 1.165) is 30.8 Å². The van der Waals surface area contributed by atoms with Crippen molar-refractivity contribution >= 4 is 5.96 Å². The molecule has 0 bridgehead atoms. The summed E-state index contributed by atoms with van der Waals surface area (Å²) in [6.07, 6.45) is 6.38. The van der Waals surface area contributed by atoms with Gasteiger partial charge in [-0.05, 0) is 26.7 Å². The van der Waals surface area contributed by atoms with Gasteiger partial charge in [-0.15, -0.1) is 10.2 Å². The minimum atomic E-state index is 0.517. The zero-order valence-corrected chi connectivity index (χ0v) is 14.6. The third kappa shape index (κ3) is 5.82. The lowest BCUT2D eigenvalue weighted by molar-refractivity contribution is 0.152. The van der Waals surface area contributed by atoms with Gasteiger partial charge in [-0.3, -0.25) is 0 Å². The molecule has 130 valence electrons. The van der Waals surface area contributed by atoms with E-state index in [1.807, 2.05) is 25.5 Å². The molecule has 0 unspecified atom stereocenters. The molecular formula is C16H30N6O. The number of aliphatic imine (C=N–C) groups is 1. The van der Waals surface area contributed by atoms with E-state index in [2.05, 4.69) is 25.8 Å². The molecule has 0 atom stereocenters. The quantitative estimate of drug-likeness (QED) is 0.452. The van der Waals surface area contributed by atoms with Gasteiger partial charge in [-0.2, -0.15) is 0 Å². The molecule has 1 aliphatic rings. The summed E-state index contributed by atoms with van der Waals surface area (Å²) in [5.74, 6) is 2.62. The summed E-state index contributed by atoms with van der Waals surface area (Å²) in [6, 6.07) is 0.517. The molecule has 23 heavy (non-hydrogen) atoms. The minimum absolute atomic E-state index is 0.517. The Kier molecular flexibility index (Phi) is 7.32. The van der Waals surface area contributed by atoms with Crippen molar-refractivity contribution in [2.75, 3.05) is 19.8 Å². The van der Waals surface area contributed by atoms with Crippen LogP contribution in [0.1, 0.15) is 50.7 Å². The largest absolute Gasteiger partial charge is 0.380 e. The molecule has 0 radical (unpaired) electrons. The lowest BCUT2D eigenvalue weighted by Crippen LogP contribution is -2.45. The van der Waals surface area contributed by atoms with Gasteiger partial charge < -0.3 is 19.9 Å². The van der Waals surface area contributed by atoms with Crippen LogP contribution in [0.2, 0.25) is 0 Å². The number of rotatable bonds is 7. The second-order valence-corrected chi connectivity index (χ2v) is 5.99. The maximum atomic E-state index is 5.39. The number of hydrogen-bond donors (Lipinski definition) is 2. The van der Waals surface area contributed by atoms with Crippen LogP contribution in [-0.4, -0.2) is 46.5 Å². The summed E-state index contributed by atoms with van der Waals surface area (Å²) in [7, 11) is 1.97. The van der Waals surface area contributed by atoms with E-state index in [1.54, 1.807) is 0 Å². The second kappa shape index (κ2) is 9.50. The van der Waals surface area contributed by atoms with Crippen molar-refractivity contribution in [3.05, 3.63) is 11.6 Å². The van der Waals surface area contributed by atoms with E-state index < -0.39 is 0 Å². The van der Waals surface area contributed by atoms with Crippen LogP contribution in [0.4, 0.5) is 0 Å². The Morgan fingerprint density at radius 2 is 2.09 bits per heavy atom. The van der Waals surface area contributed by atoms with Gasteiger partial charge in [-0.1, -0.05) is 19.3 Å². The molecule has 0 spiro atoms. The lowest BCUT2D eigenvalue weighted by atomic mass is 9.96.